The van der Waals surface area contributed by atoms with Gasteiger partial charge in [-0.3, -0.25) is 24.2 Å². The van der Waals surface area contributed by atoms with E-state index >= 15 is 0 Å². The highest BCUT2D eigenvalue weighted by atomic mass is 16.2. The van der Waals surface area contributed by atoms with Gasteiger partial charge in [-0.25, -0.2) is 4.79 Å². The first-order chi connectivity index (χ1) is 11.9. The molecule has 2 fully saturated rings. The van der Waals surface area contributed by atoms with Crippen molar-refractivity contribution in [2.24, 2.45) is 11.3 Å². The number of hydrogen-bond acceptors (Lipinski definition) is 5. The molecule has 2 heterocycles. The summed E-state index contributed by atoms with van der Waals surface area (Å²) in [6.07, 6.45) is 8.46. The van der Waals surface area contributed by atoms with Gasteiger partial charge in [0.25, 0.3) is 0 Å². The predicted octanol–water partition coefficient (Wildman–Crippen LogP) is 1.38. The highest BCUT2D eigenvalue weighted by molar-refractivity contribution is 6.20. The average Bonchev–Trinajstić information content (AvgIpc) is 3.17. The number of rotatable bonds is 4. The Morgan fingerprint density at radius 1 is 1.24 bits per heavy atom. The summed E-state index contributed by atoms with van der Waals surface area (Å²) in [4.78, 5) is 52.6. The van der Waals surface area contributed by atoms with Gasteiger partial charge in [0, 0.05) is 12.6 Å². The number of imide groups is 2. The van der Waals surface area contributed by atoms with Crippen molar-refractivity contribution in [3.63, 3.8) is 0 Å². The topological polar surface area (TPSA) is 86.8 Å². The zero-order chi connectivity index (χ0) is 18.2. The number of amides is 4. The molecule has 1 radical (unpaired) electrons. The fraction of sp³-hybridized carbons (Fsp3) is 0.500. The molecule has 1 atom stereocenters. The quantitative estimate of drug-likeness (QED) is 0.779. The Labute approximate surface area is 146 Å². The van der Waals surface area contributed by atoms with Crippen molar-refractivity contribution in [1.29, 1.82) is 0 Å². The molecule has 0 aromatic carbocycles. The fourth-order valence-electron chi connectivity index (χ4n) is 3.87. The first-order valence-corrected chi connectivity index (χ1v) is 8.50. The molecule has 7 nitrogen and oxygen atoms in total. The van der Waals surface area contributed by atoms with E-state index < -0.39 is 23.3 Å². The van der Waals surface area contributed by atoms with E-state index in [1.165, 1.54) is 13.6 Å². The number of barbiturate groups is 1. The molecule has 3 rings (SSSR count). The van der Waals surface area contributed by atoms with Gasteiger partial charge in [0.2, 0.25) is 11.8 Å². The summed E-state index contributed by atoms with van der Waals surface area (Å²) in [5.74, 6) is -1.47. The third-order valence-corrected chi connectivity index (χ3v) is 5.46. The summed E-state index contributed by atoms with van der Waals surface area (Å²) in [5.41, 5.74) is -0.896. The van der Waals surface area contributed by atoms with E-state index in [1.54, 1.807) is 25.3 Å². The van der Waals surface area contributed by atoms with Gasteiger partial charge in [-0.15, -0.1) is 0 Å². The first-order valence-electron chi connectivity index (χ1n) is 8.50. The van der Waals surface area contributed by atoms with Crippen LogP contribution < -0.4 is 5.32 Å². The summed E-state index contributed by atoms with van der Waals surface area (Å²) < 4.78 is 0. The normalized spacial score (nSPS) is 27.6. The number of ketones is 1. The van der Waals surface area contributed by atoms with E-state index in [9.17, 15) is 19.2 Å². The summed E-state index contributed by atoms with van der Waals surface area (Å²) >= 11 is 0. The van der Waals surface area contributed by atoms with E-state index in [-0.39, 0.29) is 18.2 Å². The van der Waals surface area contributed by atoms with E-state index in [0.29, 0.717) is 5.57 Å². The molecule has 25 heavy (non-hydrogen) atoms. The molecule has 0 spiro atoms. The Kier molecular flexibility index (Phi) is 4.49. The van der Waals surface area contributed by atoms with Crippen LogP contribution in [0.4, 0.5) is 4.79 Å². The lowest BCUT2D eigenvalue weighted by molar-refractivity contribution is -0.161. The summed E-state index contributed by atoms with van der Waals surface area (Å²) in [5, 5.41) is 2.80. The van der Waals surface area contributed by atoms with Crippen molar-refractivity contribution in [2.75, 3.05) is 13.6 Å². The van der Waals surface area contributed by atoms with Gasteiger partial charge >= 0.3 is 6.03 Å². The smallest absolute Gasteiger partial charge is 0.333 e. The molecular weight excluding hydrogens is 322 g/mol. The number of Topliss-reactive ketones (excluding diaryl/α,β-unsaturated/α-hetero) is 1. The third kappa shape index (κ3) is 2.77. The molecule has 1 unspecified atom stereocenters. The van der Waals surface area contributed by atoms with Gasteiger partial charge in [-0.05, 0) is 38.0 Å². The number of carbonyl (C=O) groups is 4. The Balaban J connectivity index is 1.87. The largest absolute Gasteiger partial charge is 0.382 e. The average molecular weight is 344 g/mol. The maximum absolute atomic E-state index is 13.1. The Morgan fingerprint density at radius 3 is 2.52 bits per heavy atom. The van der Waals surface area contributed by atoms with Crippen molar-refractivity contribution in [3.8, 4) is 0 Å². The van der Waals surface area contributed by atoms with Crippen molar-refractivity contribution < 1.29 is 19.2 Å². The van der Waals surface area contributed by atoms with Crippen LogP contribution in [-0.4, -0.2) is 47.0 Å². The van der Waals surface area contributed by atoms with Crippen molar-refractivity contribution in [3.05, 3.63) is 30.5 Å². The Morgan fingerprint density at radius 2 is 1.92 bits per heavy atom. The number of hydrogen-bond donors (Lipinski definition) is 1. The van der Waals surface area contributed by atoms with Gasteiger partial charge in [-0.1, -0.05) is 18.9 Å². The number of nitrogens with zero attached hydrogens (tertiary/aromatic N) is 2. The number of urea groups is 1. The minimum atomic E-state index is -1.28. The molecule has 133 valence electrons. The molecule has 7 heteroatoms. The molecule has 1 N–H and O–H groups in total. The van der Waals surface area contributed by atoms with Gasteiger partial charge in [0.05, 0.1) is 13.1 Å². The van der Waals surface area contributed by atoms with Gasteiger partial charge in [0.15, 0.2) is 5.78 Å². The predicted molar refractivity (Wildman–Crippen MR) is 89.6 cm³/mol. The van der Waals surface area contributed by atoms with Crippen LogP contribution in [0.15, 0.2) is 23.9 Å². The zero-order valence-electron chi connectivity index (χ0n) is 14.4. The summed E-state index contributed by atoms with van der Waals surface area (Å²) in [7, 11) is 1.37. The Hall–Kier alpha value is -2.44. The van der Waals surface area contributed by atoms with Gasteiger partial charge < -0.3 is 5.32 Å². The fourth-order valence-corrected chi connectivity index (χ4v) is 3.87. The molecule has 0 bridgehead atoms. The van der Waals surface area contributed by atoms with E-state index in [2.05, 4.69) is 5.32 Å². The highest BCUT2D eigenvalue weighted by Gasteiger charge is 2.57. The number of carbonyl (C=O) groups excluding carboxylic acids is 4. The molecule has 3 aliphatic rings. The molecule has 1 saturated carbocycles. The lowest BCUT2D eigenvalue weighted by Gasteiger charge is -2.43. The maximum Gasteiger partial charge on any atom is 0.333 e. The van der Waals surface area contributed by atoms with Crippen LogP contribution in [0, 0.1) is 17.9 Å². The molecule has 4 amide bonds. The SMILES string of the molecule is CN1C(=O)N(CC(=O)C2=CC=CN[CH]2)C(=O)C(C)(C2CCCC2)C1=O. The monoisotopic (exact) mass is 344 g/mol. The van der Waals surface area contributed by atoms with Crippen LogP contribution in [0.1, 0.15) is 32.6 Å². The van der Waals surface area contributed by atoms with E-state index in [0.717, 1.165) is 35.5 Å². The van der Waals surface area contributed by atoms with Crippen LogP contribution >= 0.6 is 0 Å². The maximum atomic E-state index is 13.1. The number of nitrogens with one attached hydrogen (secondary N) is 1. The molecule has 0 aromatic heterocycles. The van der Waals surface area contributed by atoms with Crippen LogP contribution in [0.25, 0.3) is 0 Å². The second-order valence-electron chi connectivity index (χ2n) is 6.94. The lowest BCUT2D eigenvalue weighted by atomic mass is 9.72. The van der Waals surface area contributed by atoms with Gasteiger partial charge in [0.1, 0.15) is 5.41 Å². The van der Waals surface area contributed by atoms with Crippen molar-refractivity contribution in [1.82, 2.24) is 15.1 Å². The summed E-state index contributed by atoms with van der Waals surface area (Å²) in [6.45, 7) is 2.77. The number of allylic oxidation sites excluding steroid dienone is 2. The van der Waals surface area contributed by atoms with Crippen LogP contribution in [0.2, 0.25) is 0 Å². The molecular formula is C18H22N3O4. The van der Waals surface area contributed by atoms with Crippen LogP contribution in [-0.2, 0) is 14.4 Å². The van der Waals surface area contributed by atoms with E-state index in [4.69, 9.17) is 0 Å². The Bertz CT molecular complexity index is 690. The van der Waals surface area contributed by atoms with Crippen LogP contribution in [0.3, 0.4) is 0 Å². The molecule has 1 aliphatic carbocycles. The standard InChI is InChI=1S/C18H22N3O4/c1-18(13-7-3-4-8-13)15(23)20(2)17(25)21(16(18)24)11-14(22)12-6-5-9-19-10-12/h5-6,9-10,13,19H,3-4,7-8,11H2,1-2H3. The second-order valence-corrected chi connectivity index (χ2v) is 6.94. The number of dihydropyridines is 1. The first kappa shape index (κ1) is 17.4. The van der Waals surface area contributed by atoms with Crippen molar-refractivity contribution >= 4 is 23.6 Å². The lowest BCUT2D eigenvalue weighted by Crippen LogP contribution is -2.65. The highest BCUT2D eigenvalue weighted by Crippen LogP contribution is 2.44. The zero-order valence-corrected chi connectivity index (χ0v) is 14.4. The second kappa shape index (κ2) is 6.46. The van der Waals surface area contributed by atoms with E-state index in [1.807, 2.05) is 0 Å². The minimum absolute atomic E-state index is 0.0919. The minimum Gasteiger partial charge on any atom is -0.382 e. The molecule has 2 aliphatic heterocycles. The van der Waals surface area contributed by atoms with Crippen LogP contribution in [0.5, 0.6) is 0 Å². The van der Waals surface area contributed by atoms with Crippen molar-refractivity contribution in [2.45, 2.75) is 32.6 Å². The molecule has 0 aromatic rings. The van der Waals surface area contributed by atoms with Gasteiger partial charge in [-0.2, -0.15) is 0 Å². The summed E-state index contributed by atoms with van der Waals surface area (Å²) in [6, 6.07) is -0.737. The third-order valence-electron chi connectivity index (χ3n) is 5.46. The molecule has 1 saturated heterocycles.